The zero-order valence-electron chi connectivity index (χ0n) is 9.99. The van der Waals surface area contributed by atoms with E-state index in [9.17, 15) is 0 Å². The summed E-state index contributed by atoms with van der Waals surface area (Å²) < 4.78 is 16.7. The van der Waals surface area contributed by atoms with Crippen LogP contribution in [0.15, 0.2) is 12.1 Å². The fourth-order valence-corrected chi connectivity index (χ4v) is 2.42. The Labute approximate surface area is 101 Å². The third kappa shape index (κ3) is 2.04. The summed E-state index contributed by atoms with van der Waals surface area (Å²) in [6.07, 6.45) is 0.0876. The van der Waals surface area contributed by atoms with Crippen molar-refractivity contribution in [3.8, 4) is 5.75 Å². The van der Waals surface area contributed by atoms with Crippen molar-refractivity contribution in [2.45, 2.75) is 19.3 Å². The Balaban J connectivity index is 1.96. The van der Waals surface area contributed by atoms with Crippen molar-refractivity contribution in [1.82, 2.24) is 5.32 Å². The van der Waals surface area contributed by atoms with Gasteiger partial charge < -0.3 is 19.5 Å². The van der Waals surface area contributed by atoms with E-state index in [1.807, 2.05) is 0 Å². The van der Waals surface area contributed by atoms with Gasteiger partial charge >= 0.3 is 0 Å². The molecule has 0 bridgehead atoms. The highest BCUT2D eigenvalue weighted by molar-refractivity contribution is 5.45. The molecule has 0 saturated carbocycles. The molecule has 4 nitrogen and oxygen atoms in total. The molecule has 0 spiro atoms. The van der Waals surface area contributed by atoms with Crippen molar-refractivity contribution < 1.29 is 14.2 Å². The third-order valence-electron chi connectivity index (χ3n) is 3.34. The van der Waals surface area contributed by atoms with Crippen molar-refractivity contribution >= 4 is 0 Å². The second-order valence-electron chi connectivity index (χ2n) is 4.42. The van der Waals surface area contributed by atoms with Crippen molar-refractivity contribution in [3.05, 3.63) is 28.8 Å². The van der Waals surface area contributed by atoms with Crippen molar-refractivity contribution in [3.63, 3.8) is 0 Å². The molecule has 1 unspecified atom stereocenters. The Kier molecular flexibility index (Phi) is 3.01. The Morgan fingerprint density at radius 1 is 1.29 bits per heavy atom. The van der Waals surface area contributed by atoms with Gasteiger partial charge in [0.05, 0.1) is 33.0 Å². The van der Waals surface area contributed by atoms with Crippen LogP contribution in [0.25, 0.3) is 0 Å². The summed E-state index contributed by atoms with van der Waals surface area (Å²) in [5, 5.41) is 3.34. The minimum Gasteiger partial charge on any atom is -0.496 e. The van der Waals surface area contributed by atoms with Crippen LogP contribution in [0.4, 0.5) is 0 Å². The number of ether oxygens (including phenoxy) is 3. The molecule has 2 heterocycles. The maximum Gasteiger partial charge on any atom is 0.125 e. The highest BCUT2D eigenvalue weighted by atomic mass is 16.5. The summed E-state index contributed by atoms with van der Waals surface area (Å²) in [6, 6.07) is 4.24. The van der Waals surface area contributed by atoms with E-state index in [1.54, 1.807) is 7.11 Å². The molecule has 0 amide bonds. The minimum atomic E-state index is 0.0876. The van der Waals surface area contributed by atoms with E-state index in [4.69, 9.17) is 14.2 Å². The molecule has 92 valence electrons. The summed E-state index contributed by atoms with van der Waals surface area (Å²) in [4.78, 5) is 0. The van der Waals surface area contributed by atoms with E-state index >= 15 is 0 Å². The first kappa shape index (κ1) is 11.0. The number of rotatable bonds is 2. The molecule has 1 aromatic rings. The number of nitrogens with one attached hydrogen (secondary N) is 1. The zero-order chi connectivity index (χ0) is 11.7. The molecule has 0 radical (unpaired) electrons. The molecule has 0 aliphatic carbocycles. The molecule has 0 aromatic heterocycles. The van der Waals surface area contributed by atoms with Crippen LogP contribution < -0.4 is 10.1 Å². The Morgan fingerprint density at radius 2 is 2.12 bits per heavy atom. The number of methoxy groups -OCH3 is 1. The average molecular weight is 235 g/mol. The molecule has 3 rings (SSSR count). The fourth-order valence-electron chi connectivity index (χ4n) is 2.42. The quantitative estimate of drug-likeness (QED) is 0.840. The molecule has 1 saturated heterocycles. The van der Waals surface area contributed by atoms with Crippen LogP contribution in [-0.2, 0) is 22.7 Å². The fraction of sp³-hybridized carbons (Fsp3) is 0.538. The summed E-state index contributed by atoms with van der Waals surface area (Å²) in [5.74, 6) is 0.906. The normalized spacial score (nSPS) is 23.5. The zero-order valence-corrected chi connectivity index (χ0v) is 9.99. The molecule has 1 aromatic carbocycles. The van der Waals surface area contributed by atoms with Gasteiger partial charge in [-0.15, -0.1) is 0 Å². The lowest BCUT2D eigenvalue weighted by molar-refractivity contribution is 0.0262. The van der Waals surface area contributed by atoms with Crippen molar-refractivity contribution in [1.29, 1.82) is 0 Å². The number of hydrogen-bond donors (Lipinski definition) is 1. The summed E-state index contributed by atoms with van der Waals surface area (Å²) in [7, 11) is 1.71. The van der Waals surface area contributed by atoms with E-state index in [0.717, 1.165) is 31.0 Å². The second kappa shape index (κ2) is 4.64. The summed E-state index contributed by atoms with van der Waals surface area (Å²) in [6.45, 7) is 3.91. The molecule has 17 heavy (non-hydrogen) atoms. The lowest BCUT2D eigenvalue weighted by Gasteiger charge is -2.25. The number of fused-ring (bicyclic) bond motifs is 1. The lowest BCUT2D eigenvalue weighted by atomic mass is 10.0. The Hall–Kier alpha value is -1.10. The van der Waals surface area contributed by atoms with Crippen LogP contribution in [-0.4, -0.2) is 26.8 Å². The van der Waals surface area contributed by atoms with Gasteiger partial charge in [0.1, 0.15) is 5.75 Å². The van der Waals surface area contributed by atoms with Gasteiger partial charge in [0.25, 0.3) is 0 Å². The second-order valence-corrected chi connectivity index (χ2v) is 4.42. The van der Waals surface area contributed by atoms with Crippen molar-refractivity contribution in [2.24, 2.45) is 0 Å². The average Bonchev–Trinajstić information content (AvgIpc) is 2.85. The van der Waals surface area contributed by atoms with Gasteiger partial charge in [-0.1, -0.05) is 0 Å². The Bertz CT molecular complexity index is 413. The molecular weight excluding hydrogens is 218 g/mol. The van der Waals surface area contributed by atoms with Gasteiger partial charge in [-0.25, -0.2) is 0 Å². The smallest absolute Gasteiger partial charge is 0.125 e. The third-order valence-corrected chi connectivity index (χ3v) is 3.34. The Morgan fingerprint density at radius 3 is 2.82 bits per heavy atom. The molecule has 4 heteroatoms. The van der Waals surface area contributed by atoms with Crippen molar-refractivity contribution in [2.75, 3.05) is 26.8 Å². The predicted octanol–water partition coefficient (Wildman–Crippen LogP) is 1.39. The molecule has 2 aliphatic heterocycles. The van der Waals surface area contributed by atoms with Gasteiger partial charge in [0.15, 0.2) is 0 Å². The van der Waals surface area contributed by atoms with E-state index < -0.39 is 0 Å². The SMILES string of the molecule is COc1cc2c(cc1C1CNCCO1)COC2. The van der Waals surface area contributed by atoms with Crippen LogP contribution in [0.5, 0.6) is 5.75 Å². The summed E-state index contributed by atoms with van der Waals surface area (Å²) >= 11 is 0. The van der Waals surface area contributed by atoms with Gasteiger partial charge in [0.2, 0.25) is 0 Å². The molecular formula is C13H17NO3. The molecule has 1 fully saturated rings. The van der Waals surface area contributed by atoms with Crippen LogP contribution in [0.3, 0.4) is 0 Å². The number of hydrogen-bond acceptors (Lipinski definition) is 4. The first-order valence-electron chi connectivity index (χ1n) is 5.98. The van der Waals surface area contributed by atoms with Crippen LogP contribution in [0, 0.1) is 0 Å². The standard InChI is InChI=1S/C13H17NO3/c1-15-12-5-10-8-16-7-9(10)4-11(12)13-6-14-2-3-17-13/h4-5,13-14H,2-3,6-8H2,1H3. The van der Waals surface area contributed by atoms with Crippen LogP contribution in [0.1, 0.15) is 22.8 Å². The molecule has 2 aliphatic rings. The highest BCUT2D eigenvalue weighted by Gasteiger charge is 2.23. The first-order chi connectivity index (χ1) is 8.38. The van der Waals surface area contributed by atoms with Gasteiger partial charge in [-0.3, -0.25) is 0 Å². The van der Waals surface area contributed by atoms with E-state index in [-0.39, 0.29) is 6.10 Å². The highest BCUT2D eigenvalue weighted by Crippen LogP contribution is 2.34. The maximum atomic E-state index is 5.78. The molecule has 1 atom stereocenters. The minimum absolute atomic E-state index is 0.0876. The topological polar surface area (TPSA) is 39.7 Å². The van der Waals surface area contributed by atoms with E-state index in [0.29, 0.717) is 13.2 Å². The van der Waals surface area contributed by atoms with Gasteiger partial charge in [-0.2, -0.15) is 0 Å². The maximum absolute atomic E-state index is 5.78. The predicted molar refractivity (Wildman–Crippen MR) is 63.0 cm³/mol. The monoisotopic (exact) mass is 235 g/mol. The van der Waals surface area contributed by atoms with E-state index in [2.05, 4.69) is 17.4 Å². The number of benzene rings is 1. The lowest BCUT2D eigenvalue weighted by Crippen LogP contribution is -2.33. The van der Waals surface area contributed by atoms with Gasteiger partial charge in [-0.05, 0) is 23.3 Å². The van der Waals surface area contributed by atoms with Gasteiger partial charge in [0, 0.05) is 18.7 Å². The molecule has 1 N–H and O–H groups in total. The van der Waals surface area contributed by atoms with E-state index in [1.165, 1.54) is 11.1 Å². The van der Waals surface area contributed by atoms with Crippen LogP contribution in [0.2, 0.25) is 0 Å². The van der Waals surface area contributed by atoms with Crippen LogP contribution >= 0.6 is 0 Å². The largest absolute Gasteiger partial charge is 0.496 e. The first-order valence-corrected chi connectivity index (χ1v) is 5.98. The summed E-state index contributed by atoms with van der Waals surface area (Å²) in [5.41, 5.74) is 3.62. The number of morpholine rings is 1.